The molecular weight excluding hydrogens is 286 g/mol. The van der Waals surface area contributed by atoms with Crippen molar-refractivity contribution in [2.45, 2.75) is 20.3 Å². The average Bonchev–Trinajstić information content (AvgIpc) is 2.54. The van der Waals surface area contributed by atoms with Gasteiger partial charge < -0.3 is 9.36 Å². The van der Waals surface area contributed by atoms with Gasteiger partial charge in [-0.25, -0.2) is 0 Å². The molecule has 1 aromatic heterocycles. The Morgan fingerprint density at radius 1 is 1.04 bits per heavy atom. The van der Waals surface area contributed by atoms with E-state index in [9.17, 15) is 9.59 Å². The summed E-state index contributed by atoms with van der Waals surface area (Å²) in [5, 5.41) is 1.60. The minimum absolute atomic E-state index is 0.0609. The van der Waals surface area contributed by atoms with Gasteiger partial charge in [-0.05, 0) is 36.4 Å². The fourth-order valence-electron chi connectivity index (χ4n) is 3.15. The van der Waals surface area contributed by atoms with E-state index in [-0.39, 0.29) is 12.0 Å². The zero-order valence-corrected chi connectivity index (χ0v) is 13.6. The second kappa shape index (κ2) is 5.84. The van der Waals surface area contributed by atoms with Crippen LogP contribution in [0.4, 0.5) is 0 Å². The Balaban J connectivity index is 2.56. The molecule has 0 radical (unpaired) electrons. The molecule has 3 heteroatoms. The Morgan fingerprint density at radius 3 is 2.48 bits per heavy atom. The third-order valence-corrected chi connectivity index (χ3v) is 4.36. The van der Waals surface area contributed by atoms with Crippen LogP contribution in [0, 0.1) is 13.8 Å². The van der Waals surface area contributed by atoms with Crippen molar-refractivity contribution < 1.29 is 4.79 Å². The SMILES string of the molecule is Cc1ccc2c(=O)n(C)c(CC=O)c(-c3ccccc3C)c2c1. The van der Waals surface area contributed by atoms with Crippen LogP contribution in [-0.4, -0.2) is 10.9 Å². The minimum atomic E-state index is -0.0609. The van der Waals surface area contributed by atoms with E-state index in [1.54, 1.807) is 11.6 Å². The molecule has 1 heterocycles. The number of hydrogen-bond donors (Lipinski definition) is 0. The lowest BCUT2D eigenvalue weighted by molar-refractivity contribution is -0.107. The van der Waals surface area contributed by atoms with Crippen molar-refractivity contribution >= 4 is 17.1 Å². The minimum Gasteiger partial charge on any atom is -0.314 e. The molecule has 3 nitrogen and oxygen atoms in total. The molecule has 23 heavy (non-hydrogen) atoms. The van der Waals surface area contributed by atoms with Gasteiger partial charge in [0.05, 0.1) is 0 Å². The van der Waals surface area contributed by atoms with Gasteiger partial charge in [0.15, 0.2) is 0 Å². The first-order valence-electron chi connectivity index (χ1n) is 7.66. The standard InChI is InChI=1S/C20H19NO2/c1-13-8-9-16-17(12-13)19(15-7-5-4-6-14(15)2)18(10-11-22)21(3)20(16)23/h4-9,11-12H,10H2,1-3H3. The molecule has 3 aromatic rings. The van der Waals surface area contributed by atoms with Crippen LogP contribution < -0.4 is 5.56 Å². The normalized spacial score (nSPS) is 10.9. The zero-order chi connectivity index (χ0) is 16.6. The number of nitrogens with zero attached hydrogens (tertiary/aromatic N) is 1. The van der Waals surface area contributed by atoms with E-state index in [0.717, 1.165) is 39.6 Å². The first-order chi connectivity index (χ1) is 11.0. The second-order valence-corrected chi connectivity index (χ2v) is 5.92. The molecule has 0 bridgehead atoms. The Bertz CT molecular complexity index is 967. The van der Waals surface area contributed by atoms with Crippen LogP contribution in [0.5, 0.6) is 0 Å². The van der Waals surface area contributed by atoms with Gasteiger partial charge in [0.2, 0.25) is 0 Å². The van der Waals surface area contributed by atoms with Crippen LogP contribution in [0.15, 0.2) is 47.3 Å². The van der Waals surface area contributed by atoms with E-state index in [1.165, 1.54) is 0 Å². The Hall–Kier alpha value is -2.68. The fourth-order valence-corrected chi connectivity index (χ4v) is 3.15. The number of pyridine rings is 1. The molecule has 0 aliphatic rings. The molecule has 0 N–H and O–H groups in total. The molecule has 0 saturated heterocycles. The molecule has 0 unspecified atom stereocenters. The Labute approximate surface area is 135 Å². The molecule has 0 saturated carbocycles. The van der Waals surface area contributed by atoms with E-state index < -0.39 is 0 Å². The lowest BCUT2D eigenvalue weighted by atomic mass is 9.92. The monoisotopic (exact) mass is 305 g/mol. The molecule has 2 aromatic carbocycles. The van der Waals surface area contributed by atoms with E-state index in [2.05, 4.69) is 0 Å². The summed E-state index contributed by atoms with van der Waals surface area (Å²) < 4.78 is 1.60. The summed E-state index contributed by atoms with van der Waals surface area (Å²) in [6.07, 6.45) is 1.08. The third-order valence-electron chi connectivity index (χ3n) is 4.36. The Kier molecular flexibility index (Phi) is 3.87. The number of carbonyl (C=O) groups is 1. The van der Waals surface area contributed by atoms with E-state index in [1.807, 2.05) is 56.3 Å². The van der Waals surface area contributed by atoms with E-state index >= 15 is 0 Å². The topological polar surface area (TPSA) is 39.1 Å². The quantitative estimate of drug-likeness (QED) is 0.694. The average molecular weight is 305 g/mol. The molecule has 3 rings (SSSR count). The van der Waals surface area contributed by atoms with Crippen LogP contribution in [-0.2, 0) is 18.3 Å². The number of aromatic nitrogens is 1. The summed E-state index contributed by atoms with van der Waals surface area (Å²) in [6, 6.07) is 13.9. The summed E-state index contributed by atoms with van der Waals surface area (Å²) in [7, 11) is 1.74. The first-order valence-corrected chi connectivity index (χ1v) is 7.66. The van der Waals surface area contributed by atoms with Crippen molar-refractivity contribution in [3.8, 4) is 11.1 Å². The highest BCUT2D eigenvalue weighted by Gasteiger charge is 2.17. The second-order valence-electron chi connectivity index (χ2n) is 5.92. The van der Waals surface area contributed by atoms with E-state index in [0.29, 0.717) is 5.39 Å². The van der Waals surface area contributed by atoms with Crippen molar-refractivity contribution in [2.24, 2.45) is 7.05 Å². The summed E-state index contributed by atoms with van der Waals surface area (Å²) >= 11 is 0. The number of aldehydes is 1. The van der Waals surface area contributed by atoms with Crippen molar-refractivity contribution in [1.82, 2.24) is 4.57 Å². The highest BCUT2D eigenvalue weighted by atomic mass is 16.1. The number of fused-ring (bicyclic) bond motifs is 1. The van der Waals surface area contributed by atoms with Gasteiger partial charge in [0, 0.05) is 30.1 Å². The van der Waals surface area contributed by atoms with Crippen LogP contribution in [0.25, 0.3) is 21.9 Å². The number of hydrogen-bond acceptors (Lipinski definition) is 2. The summed E-state index contributed by atoms with van der Waals surface area (Å²) in [4.78, 5) is 23.8. The maximum absolute atomic E-state index is 12.7. The zero-order valence-electron chi connectivity index (χ0n) is 13.6. The van der Waals surface area contributed by atoms with Crippen molar-refractivity contribution in [1.29, 1.82) is 0 Å². The first kappa shape index (κ1) is 15.2. The molecule has 0 aliphatic heterocycles. The smallest absolute Gasteiger partial charge is 0.258 e. The van der Waals surface area contributed by atoms with Gasteiger partial charge in [-0.2, -0.15) is 0 Å². The maximum Gasteiger partial charge on any atom is 0.258 e. The van der Waals surface area contributed by atoms with Crippen molar-refractivity contribution in [3.05, 3.63) is 69.6 Å². The molecule has 0 spiro atoms. The summed E-state index contributed by atoms with van der Waals surface area (Å²) in [5.41, 5.74) is 4.97. The number of benzene rings is 2. The van der Waals surface area contributed by atoms with Gasteiger partial charge >= 0.3 is 0 Å². The molecule has 0 aliphatic carbocycles. The largest absolute Gasteiger partial charge is 0.314 e. The lowest BCUT2D eigenvalue weighted by Gasteiger charge is -2.18. The summed E-state index contributed by atoms with van der Waals surface area (Å²) in [5.74, 6) is 0. The summed E-state index contributed by atoms with van der Waals surface area (Å²) in [6.45, 7) is 4.06. The number of aryl methyl sites for hydroxylation is 2. The van der Waals surface area contributed by atoms with Gasteiger partial charge in [0.25, 0.3) is 5.56 Å². The van der Waals surface area contributed by atoms with Gasteiger partial charge in [-0.15, -0.1) is 0 Å². The number of rotatable bonds is 3. The molecule has 0 amide bonds. The molecule has 0 fully saturated rings. The van der Waals surface area contributed by atoms with Crippen molar-refractivity contribution in [3.63, 3.8) is 0 Å². The predicted molar refractivity (Wildman–Crippen MR) is 93.9 cm³/mol. The highest BCUT2D eigenvalue weighted by molar-refractivity contribution is 5.99. The van der Waals surface area contributed by atoms with Crippen molar-refractivity contribution in [2.75, 3.05) is 0 Å². The fraction of sp³-hybridized carbons (Fsp3) is 0.200. The van der Waals surface area contributed by atoms with Crippen LogP contribution in [0.2, 0.25) is 0 Å². The van der Waals surface area contributed by atoms with Gasteiger partial charge in [0.1, 0.15) is 6.29 Å². The third kappa shape index (κ3) is 2.48. The number of carbonyl (C=O) groups excluding carboxylic acids is 1. The van der Waals surface area contributed by atoms with Gasteiger partial charge in [-0.1, -0.05) is 42.0 Å². The predicted octanol–water partition coefficient (Wildman–Crippen LogP) is 3.56. The lowest BCUT2D eigenvalue weighted by Crippen LogP contribution is -2.22. The Morgan fingerprint density at radius 2 is 1.78 bits per heavy atom. The molecule has 0 atom stereocenters. The van der Waals surface area contributed by atoms with E-state index in [4.69, 9.17) is 0 Å². The van der Waals surface area contributed by atoms with Gasteiger partial charge in [-0.3, -0.25) is 4.79 Å². The molecule has 116 valence electrons. The van der Waals surface area contributed by atoms with Crippen LogP contribution in [0.3, 0.4) is 0 Å². The van der Waals surface area contributed by atoms with Crippen LogP contribution >= 0.6 is 0 Å². The van der Waals surface area contributed by atoms with Crippen LogP contribution in [0.1, 0.15) is 16.8 Å². The highest BCUT2D eigenvalue weighted by Crippen LogP contribution is 2.33. The maximum atomic E-state index is 12.7. The molecular formula is C20H19NO2.